The Morgan fingerprint density at radius 3 is 2.83 bits per heavy atom. The number of piperidine rings is 1. The third-order valence-electron chi connectivity index (χ3n) is 4.72. The molecule has 0 bridgehead atoms. The first-order chi connectivity index (χ1) is 11.1. The number of β-amino-alcohol motifs (C(OH)–C–C–N with tert-alkyl or cyclic N) is 1. The Morgan fingerprint density at radius 1 is 1.30 bits per heavy atom. The molecular formula is C17H26N2O3S. The standard InChI is InChI=1S/C17H26N2O3S/c1-23-11-14-5-6-15(22-14)16(20)19-10-4-7-17(21,13-19)12-18-8-2-3-9-18/h5-6,21H,2-4,7-13H2,1H3/t17-/m1/s1. The highest BCUT2D eigenvalue weighted by Crippen LogP contribution is 2.26. The van der Waals surface area contributed by atoms with E-state index in [0.717, 1.165) is 37.4 Å². The minimum atomic E-state index is -0.785. The van der Waals surface area contributed by atoms with Gasteiger partial charge in [0.05, 0.1) is 17.9 Å². The molecule has 5 nitrogen and oxygen atoms in total. The highest BCUT2D eigenvalue weighted by molar-refractivity contribution is 7.97. The molecule has 0 unspecified atom stereocenters. The van der Waals surface area contributed by atoms with Crippen LogP contribution in [0.3, 0.4) is 0 Å². The van der Waals surface area contributed by atoms with Crippen molar-refractivity contribution in [1.82, 2.24) is 9.80 Å². The Labute approximate surface area is 142 Å². The molecule has 128 valence electrons. The van der Waals surface area contributed by atoms with Gasteiger partial charge < -0.3 is 19.3 Å². The smallest absolute Gasteiger partial charge is 0.289 e. The van der Waals surface area contributed by atoms with Crippen LogP contribution in [0.1, 0.15) is 42.0 Å². The fourth-order valence-corrected chi connectivity index (χ4v) is 4.08. The Balaban J connectivity index is 1.63. The number of carbonyl (C=O) groups excluding carboxylic acids is 1. The van der Waals surface area contributed by atoms with Gasteiger partial charge in [0.25, 0.3) is 5.91 Å². The summed E-state index contributed by atoms with van der Waals surface area (Å²) in [4.78, 5) is 16.7. The Hall–Kier alpha value is -0.980. The fraction of sp³-hybridized carbons (Fsp3) is 0.706. The molecule has 2 aliphatic heterocycles. The van der Waals surface area contributed by atoms with Crippen molar-refractivity contribution < 1.29 is 14.3 Å². The van der Waals surface area contributed by atoms with E-state index in [1.165, 1.54) is 12.8 Å². The largest absolute Gasteiger partial charge is 0.455 e. The Bertz CT molecular complexity index is 542. The van der Waals surface area contributed by atoms with Gasteiger partial charge in [0.15, 0.2) is 5.76 Å². The number of hydrogen-bond acceptors (Lipinski definition) is 5. The summed E-state index contributed by atoms with van der Waals surface area (Å²) in [6.07, 6.45) is 6.04. The summed E-state index contributed by atoms with van der Waals surface area (Å²) in [6.45, 7) is 3.90. The molecule has 0 aliphatic carbocycles. The van der Waals surface area contributed by atoms with Crippen molar-refractivity contribution in [3.8, 4) is 0 Å². The number of nitrogens with zero attached hydrogens (tertiary/aromatic N) is 2. The first kappa shape index (κ1) is 16.9. The number of carbonyl (C=O) groups is 1. The van der Waals surface area contributed by atoms with E-state index in [1.807, 2.05) is 12.3 Å². The van der Waals surface area contributed by atoms with Crippen molar-refractivity contribution in [2.45, 2.75) is 37.0 Å². The van der Waals surface area contributed by atoms with Crippen molar-refractivity contribution in [3.05, 3.63) is 23.7 Å². The van der Waals surface area contributed by atoms with Crippen LogP contribution in [0.5, 0.6) is 0 Å². The maximum atomic E-state index is 12.6. The van der Waals surface area contributed by atoms with Gasteiger partial charge in [0, 0.05) is 13.1 Å². The molecule has 1 N–H and O–H groups in total. The molecule has 1 aromatic rings. The lowest BCUT2D eigenvalue weighted by Crippen LogP contribution is -2.55. The average Bonchev–Trinajstić information content (AvgIpc) is 3.18. The molecule has 3 heterocycles. The van der Waals surface area contributed by atoms with E-state index >= 15 is 0 Å². The zero-order chi connectivity index (χ0) is 16.3. The van der Waals surface area contributed by atoms with E-state index in [-0.39, 0.29) is 5.91 Å². The van der Waals surface area contributed by atoms with Crippen molar-refractivity contribution in [2.75, 3.05) is 39.0 Å². The van der Waals surface area contributed by atoms with E-state index in [2.05, 4.69) is 4.90 Å². The second-order valence-corrected chi connectivity index (χ2v) is 7.60. The molecule has 2 fully saturated rings. The van der Waals surface area contributed by atoms with Crippen molar-refractivity contribution in [3.63, 3.8) is 0 Å². The lowest BCUT2D eigenvalue weighted by molar-refractivity contribution is -0.0437. The van der Waals surface area contributed by atoms with Crippen LogP contribution >= 0.6 is 11.8 Å². The number of likely N-dealkylation sites (tertiary alicyclic amines) is 2. The maximum Gasteiger partial charge on any atom is 0.289 e. The number of hydrogen-bond donors (Lipinski definition) is 1. The Kier molecular flexibility index (Phi) is 5.34. The van der Waals surface area contributed by atoms with Gasteiger partial charge in [-0.25, -0.2) is 0 Å². The van der Waals surface area contributed by atoms with E-state index in [0.29, 0.717) is 25.4 Å². The predicted octanol–water partition coefficient (Wildman–Crippen LogP) is 2.21. The highest BCUT2D eigenvalue weighted by atomic mass is 32.2. The first-order valence-electron chi connectivity index (χ1n) is 8.41. The SMILES string of the molecule is CSCc1ccc(C(=O)N2CCC[C@@](O)(CN3CCCC3)C2)o1. The van der Waals surface area contributed by atoms with E-state index in [1.54, 1.807) is 22.7 Å². The van der Waals surface area contributed by atoms with Crippen LogP contribution in [0, 0.1) is 0 Å². The van der Waals surface area contributed by atoms with Crippen LogP contribution in [-0.4, -0.2) is 65.4 Å². The van der Waals surface area contributed by atoms with Crippen LogP contribution in [0.15, 0.2) is 16.5 Å². The fourth-order valence-electron chi connectivity index (χ4n) is 3.64. The van der Waals surface area contributed by atoms with Gasteiger partial charge in [-0.05, 0) is 57.2 Å². The van der Waals surface area contributed by atoms with Gasteiger partial charge in [-0.15, -0.1) is 0 Å². The summed E-state index contributed by atoms with van der Waals surface area (Å²) < 4.78 is 5.64. The second kappa shape index (κ2) is 7.28. The number of aliphatic hydroxyl groups is 1. The van der Waals surface area contributed by atoms with Gasteiger partial charge in [-0.3, -0.25) is 4.79 Å². The molecule has 3 rings (SSSR count). The number of rotatable bonds is 5. The second-order valence-electron chi connectivity index (χ2n) is 6.74. The molecule has 6 heteroatoms. The van der Waals surface area contributed by atoms with E-state index in [4.69, 9.17) is 4.42 Å². The molecule has 0 spiro atoms. The molecule has 23 heavy (non-hydrogen) atoms. The zero-order valence-corrected chi connectivity index (χ0v) is 14.6. The van der Waals surface area contributed by atoms with Gasteiger partial charge in [0.2, 0.25) is 0 Å². The van der Waals surface area contributed by atoms with Gasteiger partial charge in [0.1, 0.15) is 5.76 Å². The maximum absolute atomic E-state index is 12.6. The lowest BCUT2D eigenvalue weighted by atomic mass is 9.92. The summed E-state index contributed by atoms with van der Waals surface area (Å²) in [5.74, 6) is 1.88. The van der Waals surface area contributed by atoms with Gasteiger partial charge in [-0.1, -0.05) is 0 Å². The molecule has 1 aromatic heterocycles. The van der Waals surface area contributed by atoms with Crippen LogP contribution in [0.25, 0.3) is 0 Å². The van der Waals surface area contributed by atoms with E-state index in [9.17, 15) is 9.90 Å². The minimum absolute atomic E-state index is 0.100. The third-order valence-corrected chi connectivity index (χ3v) is 5.29. The zero-order valence-electron chi connectivity index (χ0n) is 13.8. The van der Waals surface area contributed by atoms with Crippen LogP contribution < -0.4 is 0 Å². The average molecular weight is 338 g/mol. The summed E-state index contributed by atoms with van der Waals surface area (Å²) >= 11 is 1.67. The van der Waals surface area contributed by atoms with E-state index < -0.39 is 5.60 Å². The van der Waals surface area contributed by atoms with Crippen LogP contribution in [-0.2, 0) is 5.75 Å². The molecule has 1 amide bonds. The number of furan rings is 1. The summed E-state index contributed by atoms with van der Waals surface area (Å²) in [5, 5.41) is 10.9. The molecule has 1 atom stereocenters. The van der Waals surface area contributed by atoms with Gasteiger partial charge in [-0.2, -0.15) is 11.8 Å². The number of thioether (sulfide) groups is 1. The van der Waals surface area contributed by atoms with Crippen molar-refractivity contribution >= 4 is 17.7 Å². The molecule has 0 saturated carbocycles. The molecule has 2 saturated heterocycles. The quantitative estimate of drug-likeness (QED) is 0.892. The number of amides is 1. The topological polar surface area (TPSA) is 56.9 Å². The Morgan fingerprint density at radius 2 is 2.09 bits per heavy atom. The highest BCUT2D eigenvalue weighted by Gasteiger charge is 2.38. The molecule has 0 radical (unpaired) electrons. The van der Waals surface area contributed by atoms with Gasteiger partial charge >= 0.3 is 0 Å². The summed E-state index contributed by atoms with van der Waals surface area (Å²) in [5.41, 5.74) is -0.785. The third kappa shape index (κ3) is 4.11. The monoisotopic (exact) mass is 338 g/mol. The summed E-state index contributed by atoms with van der Waals surface area (Å²) in [6, 6.07) is 3.62. The normalized spacial score (nSPS) is 25.9. The van der Waals surface area contributed by atoms with Crippen molar-refractivity contribution in [1.29, 1.82) is 0 Å². The minimum Gasteiger partial charge on any atom is -0.455 e. The van der Waals surface area contributed by atoms with Crippen LogP contribution in [0.2, 0.25) is 0 Å². The molecule has 2 aliphatic rings. The van der Waals surface area contributed by atoms with Crippen LogP contribution in [0.4, 0.5) is 0 Å². The predicted molar refractivity (Wildman–Crippen MR) is 91.7 cm³/mol. The lowest BCUT2D eigenvalue weighted by Gasteiger charge is -2.40. The van der Waals surface area contributed by atoms with Crippen molar-refractivity contribution in [2.24, 2.45) is 0 Å². The summed E-state index contributed by atoms with van der Waals surface area (Å²) in [7, 11) is 0. The molecular weight excluding hydrogens is 312 g/mol. The first-order valence-corrected chi connectivity index (χ1v) is 9.81. The molecule has 0 aromatic carbocycles.